The van der Waals surface area contributed by atoms with Crippen LogP contribution >= 0.6 is 10.7 Å². The number of nitrogens with zero attached hydrogens (tertiary/aromatic N) is 2. The van der Waals surface area contributed by atoms with Gasteiger partial charge in [0.2, 0.25) is 0 Å². The van der Waals surface area contributed by atoms with Crippen LogP contribution in [0.15, 0.2) is 0 Å². The number of hydrogen-bond donors (Lipinski definition) is 0. The van der Waals surface area contributed by atoms with Gasteiger partial charge < -0.3 is 4.90 Å². The molecule has 1 aliphatic rings. The average molecular weight is 227 g/mol. The molecule has 0 spiro atoms. The number of rotatable bonds is 2. The largest absolute Gasteiger partial charge is 0.305 e. The third kappa shape index (κ3) is 3.09. The van der Waals surface area contributed by atoms with E-state index in [4.69, 9.17) is 10.7 Å². The molecule has 0 bridgehead atoms. The molecule has 6 heteroatoms. The van der Waals surface area contributed by atoms with Crippen LogP contribution in [0.3, 0.4) is 0 Å². The van der Waals surface area contributed by atoms with Crippen LogP contribution < -0.4 is 0 Å². The molecule has 0 radical (unpaired) electrons. The number of piperidine rings is 1. The molecule has 1 rings (SSSR count). The van der Waals surface area contributed by atoms with E-state index in [-0.39, 0.29) is 6.04 Å². The van der Waals surface area contributed by atoms with E-state index >= 15 is 0 Å². The molecule has 0 N–H and O–H groups in total. The van der Waals surface area contributed by atoms with Crippen LogP contribution in [0.5, 0.6) is 0 Å². The Balaban J connectivity index is 2.61. The molecular formula is C7H15ClN2O2S. The smallest absolute Gasteiger partial charge is 0.299 e. The third-order valence-corrected chi connectivity index (χ3v) is 4.10. The summed E-state index contributed by atoms with van der Waals surface area (Å²) in [7, 11) is 5.22. The van der Waals surface area contributed by atoms with E-state index in [2.05, 4.69) is 4.90 Å². The summed E-state index contributed by atoms with van der Waals surface area (Å²) in [6.07, 6.45) is 1.92. The molecule has 0 aromatic carbocycles. The summed E-state index contributed by atoms with van der Waals surface area (Å²) in [6.45, 7) is 1.80. The summed E-state index contributed by atoms with van der Waals surface area (Å²) >= 11 is 0. The molecule has 0 aromatic heterocycles. The molecule has 1 heterocycles. The van der Waals surface area contributed by atoms with Crippen molar-refractivity contribution >= 4 is 19.9 Å². The summed E-state index contributed by atoms with van der Waals surface area (Å²) in [5.74, 6) is 0. The Bertz CT molecular complexity index is 268. The molecule has 78 valence electrons. The number of likely N-dealkylation sites (tertiary alicyclic amines) is 1. The molecule has 1 fully saturated rings. The molecule has 0 saturated carbocycles. The zero-order chi connectivity index (χ0) is 10.1. The molecule has 1 saturated heterocycles. The second-order valence-electron chi connectivity index (χ2n) is 3.52. The van der Waals surface area contributed by atoms with Crippen molar-refractivity contribution in [2.24, 2.45) is 0 Å². The summed E-state index contributed by atoms with van der Waals surface area (Å²) in [6, 6.07) is 0.0289. The lowest BCUT2D eigenvalue weighted by molar-refractivity contribution is 0.189. The van der Waals surface area contributed by atoms with Crippen molar-refractivity contribution in [2.45, 2.75) is 18.9 Å². The first-order chi connectivity index (χ1) is 5.91. The van der Waals surface area contributed by atoms with Crippen molar-refractivity contribution in [1.82, 2.24) is 9.21 Å². The minimum Gasteiger partial charge on any atom is -0.305 e. The monoisotopic (exact) mass is 226 g/mol. The van der Waals surface area contributed by atoms with Gasteiger partial charge in [-0.2, -0.15) is 12.7 Å². The first kappa shape index (κ1) is 11.2. The van der Waals surface area contributed by atoms with Crippen LogP contribution in [0.2, 0.25) is 0 Å². The lowest BCUT2D eigenvalue weighted by Crippen LogP contribution is -2.45. The molecule has 0 aromatic rings. The summed E-state index contributed by atoms with van der Waals surface area (Å²) in [5.41, 5.74) is 0. The van der Waals surface area contributed by atoms with E-state index < -0.39 is 9.24 Å². The van der Waals surface area contributed by atoms with Crippen molar-refractivity contribution in [1.29, 1.82) is 0 Å². The Morgan fingerprint density at radius 3 is 2.62 bits per heavy atom. The predicted octanol–water partition coefficient (Wildman–Crippen LogP) is 0.496. The fourth-order valence-corrected chi connectivity index (χ4v) is 2.48. The lowest BCUT2D eigenvalue weighted by Gasteiger charge is -2.33. The van der Waals surface area contributed by atoms with E-state index in [1.54, 1.807) is 0 Å². The van der Waals surface area contributed by atoms with Gasteiger partial charge in [-0.05, 0) is 26.4 Å². The van der Waals surface area contributed by atoms with Crippen LogP contribution in [0.4, 0.5) is 0 Å². The van der Waals surface area contributed by atoms with Crippen LogP contribution in [0.1, 0.15) is 12.8 Å². The van der Waals surface area contributed by atoms with Gasteiger partial charge in [-0.25, -0.2) is 0 Å². The number of likely N-dealkylation sites (N-methyl/N-ethyl adjacent to an activating group) is 2. The first-order valence-electron chi connectivity index (χ1n) is 4.27. The SMILES string of the molecule is CN1CCCC(N(C)S(=O)(=O)Cl)C1. The fraction of sp³-hybridized carbons (Fsp3) is 1.00. The number of hydrogen-bond acceptors (Lipinski definition) is 3. The van der Waals surface area contributed by atoms with Crippen LogP contribution in [-0.2, 0) is 9.24 Å². The standard InChI is InChI=1S/C7H15ClN2O2S/c1-9-5-3-4-7(6-9)10(2)13(8,11)12/h7H,3-6H2,1-2H3. The molecule has 13 heavy (non-hydrogen) atoms. The molecule has 1 unspecified atom stereocenters. The van der Waals surface area contributed by atoms with Gasteiger partial charge in [0, 0.05) is 30.3 Å². The average Bonchev–Trinajstić information content (AvgIpc) is 2.01. The molecule has 4 nitrogen and oxygen atoms in total. The van der Waals surface area contributed by atoms with Crippen molar-refractivity contribution in [3.8, 4) is 0 Å². The minimum absolute atomic E-state index is 0.0289. The molecule has 1 atom stereocenters. The minimum atomic E-state index is -3.55. The fourth-order valence-electron chi connectivity index (χ4n) is 1.61. The van der Waals surface area contributed by atoms with E-state index in [0.717, 1.165) is 25.9 Å². The highest BCUT2D eigenvalue weighted by Crippen LogP contribution is 2.17. The molecular weight excluding hydrogens is 212 g/mol. The topological polar surface area (TPSA) is 40.6 Å². The Labute approximate surface area is 84.0 Å². The maximum Gasteiger partial charge on any atom is 0.299 e. The third-order valence-electron chi connectivity index (χ3n) is 2.46. The Morgan fingerprint density at radius 1 is 1.54 bits per heavy atom. The molecule has 0 aliphatic carbocycles. The predicted molar refractivity (Wildman–Crippen MR) is 53.1 cm³/mol. The maximum atomic E-state index is 11.0. The van der Waals surface area contributed by atoms with Crippen LogP contribution in [0.25, 0.3) is 0 Å². The van der Waals surface area contributed by atoms with Gasteiger partial charge in [-0.1, -0.05) is 0 Å². The van der Waals surface area contributed by atoms with Crippen molar-refractivity contribution in [3.05, 3.63) is 0 Å². The van der Waals surface area contributed by atoms with E-state index in [0.29, 0.717) is 0 Å². The van der Waals surface area contributed by atoms with E-state index in [9.17, 15) is 8.42 Å². The highest BCUT2D eigenvalue weighted by atomic mass is 35.7. The lowest BCUT2D eigenvalue weighted by atomic mass is 10.1. The zero-order valence-corrected chi connectivity index (χ0v) is 9.48. The first-order valence-corrected chi connectivity index (χ1v) is 6.54. The normalized spacial score (nSPS) is 26.6. The van der Waals surface area contributed by atoms with Crippen molar-refractivity contribution in [3.63, 3.8) is 0 Å². The summed E-state index contributed by atoms with van der Waals surface area (Å²) in [4.78, 5) is 2.12. The van der Waals surface area contributed by atoms with Gasteiger partial charge in [-0.3, -0.25) is 0 Å². The summed E-state index contributed by atoms with van der Waals surface area (Å²) < 4.78 is 23.3. The zero-order valence-electron chi connectivity index (χ0n) is 7.90. The van der Waals surface area contributed by atoms with Crippen molar-refractivity contribution in [2.75, 3.05) is 27.2 Å². The quantitative estimate of drug-likeness (QED) is 0.644. The molecule has 0 amide bonds. The number of halogens is 1. The Morgan fingerprint density at radius 2 is 2.15 bits per heavy atom. The maximum absolute atomic E-state index is 11.0. The summed E-state index contributed by atoms with van der Waals surface area (Å²) in [5, 5.41) is 0. The van der Waals surface area contributed by atoms with Gasteiger partial charge in [0.25, 0.3) is 9.24 Å². The Kier molecular flexibility index (Phi) is 3.57. The second kappa shape index (κ2) is 4.13. The highest BCUT2D eigenvalue weighted by Gasteiger charge is 2.27. The highest BCUT2D eigenvalue weighted by molar-refractivity contribution is 8.11. The van der Waals surface area contributed by atoms with Gasteiger partial charge in [0.15, 0.2) is 0 Å². The molecule has 1 aliphatic heterocycles. The van der Waals surface area contributed by atoms with Gasteiger partial charge in [-0.15, -0.1) is 0 Å². The van der Waals surface area contributed by atoms with Gasteiger partial charge >= 0.3 is 0 Å². The van der Waals surface area contributed by atoms with E-state index in [1.807, 2.05) is 7.05 Å². The van der Waals surface area contributed by atoms with Crippen molar-refractivity contribution < 1.29 is 8.42 Å². The van der Waals surface area contributed by atoms with Crippen LogP contribution in [-0.4, -0.2) is 50.8 Å². The van der Waals surface area contributed by atoms with Gasteiger partial charge in [0.1, 0.15) is 0 Å². The second-order valence-corrected chi connectivity index (χ2v) is 6.09. The Hall–Kier alpha value is 0.160. The van der Waals surface area contributed by atoms with Crippen LogP contribution in [0, 0.1) is 0 Å². The van der Waals surface area contributed by atoms with Gasteiger partial charge in [0.05, 0.1) is 0 Å². The van der Waals surface area contributed by atoms with E-state index in [1.165, 1.54) is 11.4 Å².